The van der Waals surface area contributed by atoms with Crippen molar-refractivity contribution in [2.24, 2.45) is 0 Å². The fourth-order valence-electron chi connectivity index (χ4n) is 3.35. The zero-order valence-corrected chi connectivity index (χ0v) is 20.5. The van der Waals surface area contributed by atoms with Gasteiger partial charge in [-0.1, -0.05) is 35.9 Å². The maximum Gasteiger partial charge on any atom is 0.264 e. The number of ether oxygens (including phenoxy) is 2. The van der Waals surface area contributed by atoms with E-state index in [0.29, 0.717) is 30.4 Å². The number of sulfonamides is 1. The predicted molar refractivity (Wildman–Crippen MR) is 133 cm³/mol. The molecule has 1 N–H and O–H groups in total. The fraction of sp³-hybridized carbons (Fsp3) is 0.269. The van der Waals surface area contributed by atoms with Gasteiger partial charge >= 0.3 is 0 Å². The summed E-state index contributed by atoms with van der Waals surface area (Å²) in [5, 5.41) is 2.81. The number of benzene rings is 3. The lowest BCUT2D eigenvalue weighted by atomic mass is 10.2. The molecular formula is C26H30N2O5S. The molecule has 0 aliphatic heterocycles. The molecular weight excluding hydrogens is 452 g/mol. The second kappa shape index (κ2) is 11.6. The van der Waals surface area contributed by atoms with Crippen LogP contribution in [0.4, 0.5) is 5.69 Å². The first-order chi connectivity index (χ1) is 16.3. The quantitative estimate of drug-likeness (QED) is 0.440. The number of nitrogens with zero attached hydrogens (tertiary/aromatic N) is 1. The average Bonchev–Trinajstić information content (AvgIpc) is 2.83. The fourth-order valence-corrected chi connectivity index (χ4v) is 4.78. The van der Waals surface area contributed by atoms with Crippen LogP contribution in [0, 0.1) is 6.92 Å². The van der Waals surface area contributed by atoms with E-state index < -0.39 is 15.9 Å². The van der Waals surface area contributed by atoms with E-state index in [1.165, 1.54) is 0 Å². The van der Waals surface area contributed by atoms with E-state index in [1.807, 2.05) is 45.0 Å². The number of aryl methyl sites for hydroxylation is 1. The molecule has 0 bridgehead atoms. The molecule has 1 amide bonds. The highest BCUT2D eigenvalue weighted by Gasteiger charge is 2.27. The van der Waals surface area contributed by atoms with Gasteiger partial charge < -0.3 is 14.8 Å². The Kier molecular flexibility index (Phi) is 8.54. The molecule has 0 atom stereocenters. The summed E-state index contributed by atoms with van der Waals surface area (Å²) in [5.41, 5.74) is 2.12. The Labute approximate surface area is 201 Å². The highest BCUT2D eigenvalue weighted by Crippen LogP contribution is 2.26. The van der Waals surface area contributed by atoms with Crippen molar-refractivity contribution in [3.8, 4) is 11.5 Å². The summed E-state index contributed by atoms with van der Waals surface area (Å²) in [5.74, 6) is 0.868. The second-order valence-electron chi connectivity index (χ2n) is 7.57. The third-order valence-corrected chi connectivity index (χ3v) is 6.87. The van der Waals surface area contributed by atoms with E-state index in [2.05, 4.69) is 5.32 Å². The lowest BCUT2D eigenvalue weighted by Crippen LogP contribution is -2.40. The Morgan fingerprint density at radius 1 is 0.882 bits per heavy atom. The lowest BCUT2D eigenvalue weighted by molar-refractivity contribution is -0.119. The zero-order chi connectivity index (χ0) is 24.6. The molecule has 0 aliphatic carbocycles. The third kappa shape index (κ3) is 6.29. The van der Waals surface area contributed by atoms with Crippen LogP contribution in [-0.4, -0.2) is 34.1 Å². The second-order valence-corrected chi connectivity index (χ2v) is 9.43. The Morgan fingerprint density at radius 3 is 2.18 bits per heavy atom. The molecule has 34 heavy (non-hydrogen) atoms. The van der Waals surface area contributed by atoms with Crippen molar-refractivity contribution >= 4 is 21.6 Å². The first kappa shape index (κ1) is 25.1. The smallest absolute Gasteiger partial charge is 0.264 e. The summed E-state index contributed by atoms with van der Waals surface area (Å²) in [6, 6.07) is 20.6. The molecule has 0 fully saturated rings. The molecule has 0 saturated heterocycles. The maximum absolute atomic E-state index is 13.5. The molecule has 0 radical (unpaired) electrons. The van der Waals surface area contributed by atoms with Crippen LogP contribution in [-0.2, 0) is 21.4 Å². The Bertz CT molecular complexity index is 1190. The van der Waals surface area contributed by atoms with E-state index in [0.717, 1.165) is 15.4 Å². The van der Waals surface area contributed by atoms with Crippen LogP contribution in [0.2, 0.25) is 0 Å². The predicted octanol–water partition coefficient (Wildman–Crippen LogP) is 4.30. The van der Waals surface area contributed by atoms with E-state index in [4.69, 9.17) is 9.47 Å². The van der Waals surface area contributed by atoms with Gasteiger partial charge in [0.05, 0.1) is 23.8 Å². The van der Waals surface area contributed by atoms with E-state index in [1.54, 1.807) is 48.5 Å². The van der Waals surface area contributed by atoms with Gasteiger partial charge in [0.2, 0.25) is 5.91 Å². The Morgan fingerprint density at radius 2 is 1.53 bits per heavy atom. The molecule has 0 aromatic heterocycles. The highest BCUT2D eigenvalue weighted by atomic mass is 32.2. The van der Waals surface area contributed by atoms with Crippen molar-refractivity contribution in [2.75, 3.05) is 24.1 Å². The molecule has 8 heteroatoms. The number of rotatable bonds is 11. The van der Waals surface area contributed by atoms with Crippen molar-refractivity contribution < 1.29 is 22.7 Å². The van der Waals surface area contributed by atoms with Gasteiger partial charge in [-0.15, -0.1) is 0 Å². The van der Waals surface area contributed by atoms with Gasteiger partial charge in [-0.25, -0.2) is 8.42 Å². The van der Waals surface area contributed by atoms with Crippen molar-refractivity contribution in [1.29, 1.82) is 0 Å². The number of carbonyl (C=O) groups excluding carboxylic acids is 1. The van der Waals surface area contributed by atoms with Gasteiger partial charge in [-0.2, -0.15) is 0 Å². The molecule has 0 spiro atoms. The minimum absolute atomic E-state index is 0.112. The van der Waals surface area contributed by atoms with E-state index >= 15 is 0 Å². The Hall–Kier alpha value is -3.52. The lowest BCUT2D eigenvalue weighted by Gasteiger charge is -2.24. The maximum atomic E-state index is 13.5. The van der Waals surface area contributed by atoms with Crippen LogP contribution < -0.4 is 19.1 Å². The largest absolute Gasteiger partial charge is 0.494 e. The number of carbonyl (C=O) groups is 1. The van der Waals surface area contributed by atoms with Crippen molar-refractivity contribution in [1.82, 2.24) is 5.32 Å². The zero-order valence-electron chi connectivity index (χ0n) is 19.7. The number of hydrogen-bond donors (Lipinski definition) is 1. The number of hydrogen-bond acceptors (Lipinski definition) is 5. The van der Waals surface area contributed by atoms with Gasteiger partial charge in [0.1, 0.15) is 18.0 Å². The van der Waals surface area contributed by atoms with Crippen molar-refractivity contribution in [3.63, 3.8) is 0 Å². The first-order valence-corrected chi connectivity index (χ1v) is 12.6. The summed E-state index contributed by atoms with van der Waals surface area (Å²) < 4.78 is 39.2. The highest BCUT2D eigenvalue weighted by molar-refractivity contribution is 7.92. The van der Waals surface area contributed by atoms with Crippen molar-refractivity contribution in [2.45, 2.75) is 32.2 Å². The Balaban J connectivity index is 1.85. The number of amides is 1. The molecule has 0 aliphatic rings. The van der Waals surface area contributed by atoms with E-state index in [9.17, 15) is 13.2 Å². The van der Waals surface area contributed by atoms with Gasteiger partial charge in [-0.05, 0) is 63.2 Å². The van der Waals surface area contributed by atoms with Crippen LogP contribution in [0.15, 0.2) is 77.7 Å². The van der Waals surface area contributed by atoms with Crippen LogP contribution in [0.5, 0.6) is 11.5 Å². The van der Waals surface area contributed by atoms with Crippen LogP contribution in [0.25, 0.3) is 0 Å². The van der Waals surface area contributed by atoms with Gasteiger partial charge in [0.15, 0.2) is 0 Å². The standard InChI is InChI=1S/C26H30N2O5S/c1-4-32-23-14-12-22(13-15-23)28(34(30,31)24-16-10-20(3)11-17-24)19-26(29)27-18-21-8-6-7-9-25(21)33-5-2/h6-17H,4-5,18-19H2,1-3H3,(H,27,29). The number of nitrogens with one attached hydrogen (secondary N) is 1. The summed E-state index contributed by atoms with van der Waals surface area (Å²) in [4.78, 5) is 13.0. The summed E-state index contributed by atoms with van der Waals surface area (Å²) in [6.45, 7) is 6.49. The van der Waals surface area contributed by atoms with Crippen LogP contribution in [0.1, 0.15) is 25.0 Å². The molecule has 3 rings (SSSR count). The normalized spacial score (nSPS) is 11.0. The number of anilines is 1. The third-order valence-electron chi connectivity index (χ3n) is 5.08. The first-order valence-electron chi connectivity index (χ1n) is 11.1. The van der Waals surface area contributed by atoms with Gasteiger partial charge in [0, 0.05) is 12.1 Å². The molecule has 3 aromatic rings. The van der Waals surface area contributed by atoms with Crippen LogP contribution in [0.3, 0.4) is 0 Å². The van der Waals surface area contributed by atoms with Gasteiger partial charge in [-0.3, -0.25) is 9.10 Å². The molecule has 7 nitrogen and oxygen atoms in total. The minimum Gasteiger partial charge on any atom is -0.494 e. The molecule has 3 aromatic carbocycles. The monoisotopic (exact) mass is 482 g/mol. The molecule has 0 heterocycles. The van der Waals surface area contributed by atoms with Gasteiger partial charge in [0.25, 0.3) is 10.0 Å². The van der Waals surface area contributed by atoms with Crippen molar-refractivity contribution in [3.05, 3.63) is 83.9 Å². The summed E-state index contributed by atoms with van der Waals surface area (Å²) >= 11 is 0. The average molecular weight is 483 g/mol. The molecule has 180 valence electrons. The summed E-state index contributed by atoms with van der Waals surface area (Å²) in [6.07, 6.45) is 0. The summed E-state index contributed by atoms with van der Waals surface area (Å²) in [7, 11) is -3.98. The minimum atomic E-state index is -3.98. The SMILES string of the molecule is CCOc1ccc(N(CC(=O)NCc2ccccc2OCC)S(=O)(=O)c2ccc(C)cc2)cc1. The van der Waals surface area contributed by atoms with Crippen LogP contribution >= 0.6 is 0 Å². The molecule has 0 saturated carbocycles. The molecule has 0 unspecified atom stereocenters. The van der Waals surface area contributed by atoms with E-state index in [-0.39, 0.29) is 18.0 Å². The topological polar surface area (TPSA) is 84.9 Å². The number of para-hydroxylation sites is 1.